The second-order valence-corrected chi connectivity index (χ2v) is 14.8. The zero-order valence-corrected chi connectivity index (χ0v) is 32.4. The highest BCUT2D eigenvalue weighted by Crippen LogP contribution is 2.57. The molecule has 278 valence electrons. The van der Waals surface area contributed by atoms with Crippen molar-refractivity contribution in [2.24, 2.45) is 0 Å². The molecule has 0 amide bonds. The van der Waals surface area contributed by atoms with Crippen LogP contribution in [0.15, 0.2) is 206 Å². The third-order valence-corrected chi connectivity index (χ3v) is 11.4. The standard InChI is InChI=1S/C54H37N5/c1-3-4-7-18-36(2)54(41-24-10-6-11-25-41)47-29-14-12-27-43(47)45-34-50-46(33-48(45)54)44-28-13-15-30-49(44)59(50)42-26-17-23-40(32-42)53-57-51(38-20-8-5-9-21-38)56-52(58-53)39-22-16-19-37(31-39)35-55/h3-34H,2H2,1H3/b4-3-,18-7-. The summed E-state index contributed by atoms with van der Waals surface area (Å²) in [5.41, 5.74) is 12.7. The van der Waals surface area contributed by atoms with Crippen LogP contribution in [0.1, 0.15) is 29.2 Å². The average Bonchev–Trinajstić information content (AvgIpc) is 3.78. The number of hydrogen-bond donors (Lipinski definition) is 0. The van der Waals surface area contributed by atoms with Crippen molar-refractivity contribution in [3.05, 3.63) is 229 Å². The molecule has 0 radical (unpaired) electrons. The fraction of sp³-hybridized carbons (Fsp3) is 0.0370. The molecule has 9 aromatic rings. The molecule has 0 fully saturated rings. The number of hydrogen-bond acceptors (Lipinski definition) is 4. The first-order valence-electron chi connectivity index (χ1n) is 19.7. The van der Waals surface area contributed by atoms with Gasteiger partial charge in [0.15, 0.2) is 17.5 Å². The second kappa shape index (κ2) is 14.5. The van der Waals surface area contributed by atoms with Gasteiger partial charge < -0.3 is 4.57 Å². The lowest BCUT2D eigenvalue weighted by molar-refractivity contribution is 0.771. The lowest BCUT2D eigenvalue weighted by Crippen LogP contribution is -2.28. The molecule has 1 unspecified atom stereocenters. The predicted octanol–water partition coefficient (Wildman–Crippen LogP) is 12.8. The van der Waals surface area contributed by atoms with Gasteiger partial charge in [-0.05, 0) is 82.8 Å². The summed E-state index contributed by atoms with van der Waals surface area (Å²) in [7, 11) is 0. The van der Waals surface area contributed by atoms with Crippen LogP contribution in [0.5, 0.6) is 0 Å². The molecular formula is C54H37N5. The summed E-state index contributed by atoms with van der Waals surface area (Å²) in [5, 5.41) is 12.0. The van der Waals surface area contributed by atoms with Gasteiger partial charge in [0.2, 0.25) is 0 Å². The summed E-state index contributed by atoms with van der Waals surface area (Å²) in [4.78, 5) is 15.0. The lowest BCUT2D eigenvalue weighted by atomic mass is 9.67. The Balaban J connectivity index is 1.20. The summed E-state index contributed by atoms with van der Waals surface area (Å²) in [6.07, 6.45) is 8.35. The highest BCUT2D eigenvalue weighted by molar-refractivity contribution is 6.12. The number of benzene rings is 7. The van der Waals surface area contributed by atoms with Crippen molar-refractivity contribution in [3.63, 3.8) is 0 Å². The maximum Gasteiger partial charge on any atom is 0.164 e. The van der Waals surface area contributed by atoms with Crippen LogP contribution in [0, 0.1) is 11.3 Å². The van der Waals surface area contributed by atoms with E-state index in [2.05, 4.69) is 138 Å². The fourth-order valence-electron chi connectivity index (χ4n) is 8.82. The molecule has 0 N–H and O–H groups in total. The summed E-state index contributed by atoms with van der Waals surface area (Å²) in [6, 6.07) is 61.0. The van der Waals surface area contributed by atoms with Crippen molar-refractivity contribution < 1.29 is 0 Å². The summed E-state index contributed by atoms with van der Waals surface area (Å²) >= 11 is 0. The van der Waals surface area contributed by atoms with Crippen LogP contribution in [-0.4, -0.2) is 19.5 Å². The first-order chi connectivity index (χ1) is 29.1. The summed E-state index contributed by atoms with van der Waals surface area (Å²) in [6.45, 7) is 6.82. The number of aromatic nitrogens is 4. The fourth-order valence-corrected chi connectivity index (χ4v) is 8.82. The van der Waals surface area contributed by atoms with Gasteiger partial charge in [0.25, 0.3) is 0 Å². The highest BCUT2D eigenvalue weighted by Gasteiger charge is 2.46. The van der Waals surface area contributed by atoms with Crippen LogP contribution in [0.2, 0.25) is 0 Å². The van der Waals surface area contributed by atoms with E-state index in [1.165, 1.54) is 27.8 Å². The molecule has 1 aliphatic carbocycles. The Bertz CT molecular complexity index is 3200. The summed E-state index contributed by atoms with van der Waals surface area (Å²) in [5.74, 6) is 1.62. The summed E-state index contributed by atoms with van der Waals surface area (Å²) < 4.78 is 2.36. The van der Waals surface area contributed by atoms with Gasteiger partial charge in [0.05, 0.1) is 28.1 Å². The van der Waals surface area contributed by atoms with Crippen LogP contribution >= 0.6 is 0 Å². The molecule has 0 aliphatic heterocycles. The first kappa shape index (κ1) is 35.5. The molecule has 1 aliphatic rings. The van der Waals surface area contributed by atoms with E-state index in [1.807, 2.05) is 67.6 Å². The smallest absolute Gasteiger partial charge is 0.164 e. The number of fused-ring (bicyclic) bond motifs is 6. The molecule has 5 nitrogen and oxygen atoms in total. The normalized spacial score (nSPS) is 14.5. The van der Waals surface area contributed by atoms with Gasteiger partial charge in [-0.15, -0.1) is 0 Å². The maximum atomic E-state index is 9.67. The van der Waals surface area contributed by atoms with Crippen molar-refractivity contribution in [1.29, 1.82) is 5.26 Å². The van der Waals surface area contributed by atoms with Crippen molar-refractivity contribution in [1.82, 2.24) is 19.5 Å². The van der Waals surface area contributed by atoms with Gasteiger partial charge >= 0.3 is 0 Å². The first-order valence-corrected chi connectivity index (χ1v) is 19.7. The highest BCUT2D eigenvalue weighted by atomic mass is 15.0. The molecular weight excluding hydrogens is 719 g/mol. The third kappa shape index (κ3) is 5.81. The molecule has 10 rings (SSSR count). The molecule has 7 aromatic carbocycles. The quantitative estimate of drug-likeness (QED) is 0.145. The van der Waals surface area contributed by atoms with Gasteiger partial charge in [0, 0.05) is 33.2 Å². The molecule has 2 aromatic heterocycles. The van der Waals surface area contributed by atoms with E-state index >= 15 is 0 Å². The number of rotatable bonds is 8. The van der Waals surface area contributed by atoms with Gasteiger partial charge in [-0.2, -0.15) is 5.26 Å². The van der Waals surface area contributed by atoms with E-state index < -0.39 is 5.41 Å². The monoisotopic (exact) mass is 755 g/mol. The molecule has 0 saturated heterocycles. The predicted molar refractivity (Wildman–Crippen MR) is 240 cm³/mol. The van der Waals surface area contributed by atoms with Crippen LogP contribution in [-0.2, 0) is 5.41 Å². The topological polar surface area (TPSA) is 67.4 Å². The van der Waals surface area contributed by atoms with E-state index in [0.717, 1.165) is 49.8 Å². The van der Waals surface area contributed by atoms with E-state index in [0.29, 0.717) is 23.0 Å². The Morgan fingerprint density at radius 2 is 1.22 bits per heavy atom. The third-order valence-electron chi connectivity index (χ3n) is 11.4. The lowest BCUT2D eigenvalue weighted by Gasteiger charge is -2.34. The van der Waals surface area contributed by atoms with Crippen molar-refractivity contribution in [2.45, 2.75) is 12.3 Å². The van der Waals surface area contributed by atoms with Crippen LogP contribution in [0.4, 0.5) is 0 Å². The Morgan fingerprint density at radius 1 is 0.576 bits per heavy atom. The van der Waals surface area contributed by atoms with Gasteiger partial charge in [-0.1, -0.05) is 158 Å². The second-order valence-electron chi connectivity index (χ2n) is 14.8. The molecule has 1 atom stereocenters. The molecule has 0 spiro atoms. The molecule has 5 heteroatoms. The van der Waals surface area contributed by atoms with E-state index in [4.69, 9.17) is 21.5 Å². The van der Waals surface area contributed by atoms with E-state index in [-0.39, 0.29) is 0 Å². The SMILES string of the molecule is C=C(/C=C\C=C/C)C1(c2ccccc2)c2ccccc2-c2cc3c(cc21)c1ccccc1n3-c1cccc(-c2nc(-c3ccccc3)nc(-c3cccc(C#N)c3)n2)c1. The molecule has 59 heavy (non-hydrogen) atoms. The minimum absolute atomic E-state index is 0.506. The van der Waals surface area contributed by atoms with Crippen molar-refractivity contribution >= 4 is 21.8 Å². The largest absolute Gasteiger partial charge is 0.309 e. The average molecular weight is 756 g/mol. The Morgan fingerprint density at radius 3 is 1.98 bits per heavy atom. The van der Waals surface area contributed by atoms with Crippen molar-refractivity contribution in [2.75, 3.05) is 0 Å². The zero-order chi connectivity index (χ0) is 39.9. The van der Waals surface area contributed by atoms with Gasteiger partial charge in [0.1, 0.15) is 0 Å². The van der Waals surface area contributed by atoms with Gasteiger partial charge in [-0.25, -0.2) is 15.0 Å². The van der Waals surface area contributed by atoms with E-state index in [1.54, 1.807) is 6.07 Å². The Hall–Kier alpha value is -7.94. The molecule has 2 heterocycles. The minimum Gasteiger partial charge on any atom is -0.309 e. The number of para-hydroxylation sites is 1. The molecule has 0 saturated carbocycles. The van der Waals surface area contributed by atoms with Crippen LogP contribution in [0.3, 0.4) is 0 Å². The Kier molecular flexibility index (Phi) is 8.74. The van der Waals surface area contributed by atoms with Crippen molar-refractivity contribution in [3.8, 4) is 57.0 Å². The van der Waals surface area contributed by atoms with Crippen LogP contribution < -0.4 is 0 Å². The maximum absolute atomic E-state index is 9.67. The van der Waals surface area contributed by atoms with Gasteiger partial charge in [-0.3, -0.25) is 0 Å². The number of allylic oxidation sites excluding steroid dienone is 5. The van der Waals surface area contributed by atoms with E-state index in [9.17, 15) is 5.26 Å². The number of nitrogens with zero attached hydrogens (tertiary/aromatic N) is 5. The Labute approximate surface area is 343 Å². The molecule has 0 bridgehead atoms. The van der Waals surface area contributed by atoms with Crippen LogP contribution in [0.25, 0.3) is 72.8 Å². The zero-order valence-electron chi connectivity index (χ0n) is 32.4. The number of nitriles is 1. The minimum atomic E-state index is -0.595.